The van der Waals surface area contributed by atoms with Crippen LogP contribution in [0.3, 0.4) is 0 Å². The Morgan fingerprint density at radius 1 is 0.451 bits per heavy atom. The SMILES string of the molecule is Cc1cccc2sc(N3C(=O)c4ccc5c6ccc7c8c(ccc(c9ccc(c4c59)C3=O)c86)C(=O)N(c3nc4c(C)ccc(C)c4s3)C7=O)nc12. The third-order valence-electron chi connectivity index (χ3n) is 10.6. The second-order valence-corrected chi connectivity index (χ2v) is 15.3. The molecule has 10 heteroatoms. The fourth-order valence-electron chi connectivity index (χ4n) is 8.13. The Labute approximate surface area is 296 Å². The third-order valence-corrected chi connectivity index (χ3v) is 12.7. The number of nitrogens with zero attached hydrogens (tertiary/aromatic N) is 4. The van der Waals surface area contributed by atoms with E-state index in [1.165, 1.54) is 32.5 Å². The summed E-state index contributed by atoms with van der Waals surface area (Å²) < 4.78 is 1.86. The van der Waals surface area contributed by atoms with Gasteiger partial charge in [0.1, 0.15) is 0 Å². The minimum atomic E-state index is -0.416. The van der Waals surface area contributed by atoms with Crippen molar-refractivity contribution in [3.8, 4) is 0 Å². The van der Waals surface area contributed by atoms with Crippen LogP contribution in [-0.4, -0.2) is 33.6 Å². The number of anilines is 2. The van der Waals surface area contributed by atoms with Gasteiger partial charge in [0.15, 0.2) is 0 Å². The molecule has 0 N–H and O–H groups in total. The van der Waals surface area contributed by atoms with Crippen LogP contribution >= 0.6 is 22.7 Å². The Balaban J connectivity index is 1.12. The molecule has 0 aliphatic carbocycles. The lowest BCUT2D eigenvalue weighted by Gasteiger charge is -2.28. The lowest BCUT2D eigenvalue weighted by Crippen LogP contribution is -2.40. The van der Waals surface area contributed by atoms with Crippen LogP contribution in [0.2, 0.25) is 0 Å². The van der Waals surface area contributed by atoms with Crippen molar-refractivity contribution in [2.45, 2.75) is 20.8 Å². The van der Waals surface area contributed by atoms with Crippen LogP contribution in [0.4, 0.5) is 10.3 Å². The number of aromatic nitrogens is 2. The predicted molar refractivity (Wildman–Crippen MR) is 203 cm³/mol. The standard InChI is InChI=1S/C41H22N4O4S2/c1-17-5-4-6-28-33(17)42-40(50-28)44-36(46)24-13-9-20-22-11-15-26-32-27(16-12-23(30(22)32)21-10-14-25(37(44)47)31(24)29(20)21)39(49)45(38(26)48)41-43-34-18(2)7-8-19(3)35(34)51-41/h4-16H,1-3H3. The molecule has 0 saturated heterocycles. The first-order valence-corrected chi connectivity index (χ1v) is 18.0. The molecule has 7 aromatic carbocycles. The summed E-state index contributed by atoms with van der Waals surface area (Å²) in [5, 5.41) is 6.87. The first kappa shape index (κ1) is 28.7. The minimum Gasteiger partial charge on any atom is -0.268 e. The molecule has 11 rings (SSSR count). The fourth-order valence-corrected chi connectivity index (χ4v) is 10.3. The zero-order valence-corrected chi connectivity index (χ0v) is 28.9. The van der Waals surface area contributed by atoms with Crippen molar-refractivity contribution >= 4 is 120 Å². The van der Waals surface area contributed by atoms with Gasteiger partial charge in [-0.3, -0.25) is 19.2 Å². The van der Waals surface area contributed by atoms with E-state index in [2.05, 4.69) is 0 Å². The maximum atomic E-state index is 14.2. The summed E-state index contributed by atoms with van der Waals surface area (Å²) in [5.74, 6) is -1.66. The molecule has 2 aliphatic rings. The quantitative estimate of drug-likeness (QED) is 0.101. The number of benzene rings is 7. The summed E-state index contributed by atoms with van der Waals surface area (Å²) in [6, 6.07) is 24.6. The number of carbonyl (C=O) groups is 4. The first-order chi connectivity index (χ1) is 24.7. The lowest BCUT2D eigenvalue weighted by molar-refractivity contribution is 0.0877. The number of para-hydroxylation sites is 1. The third kappa shape index (κ3) is 3.48. The van der Waals surface area contributed by atoms with Gasteiger partial charge in [0.25, 0.3) is 23.6 Å². The van der Waals surface area contributed by atoms with E-state index in [0.29, 0.717) is 43.3 Å². The minimum absolute atomic E-state index is 0.345. The molecule has 9 aromatic rings. The molecule has 0 unspecified atom stereocenters. The van der Waals surface area contributed by atoms with Gasteiger partial charge in [-0.05, 0) is 100 Å². The molecular formula is C41H22N4O4S2. The summed E-state index contributed by atoms with van der Waals surface area (Å²) in [4.78, 5) is 68.7. The summed E-state index contributed by atoms with van der Waals surface area (Å²) in [5.41, 5.74) is 6.28. The van der Waals surface area contributed by atoms with Gasteiger partial charge in [0.05, 0.1) is 20.4 Å². The van der Waals surface area contributed by atoms with Gasteiger partial charge >= 0.3 is 0 Å². The molecular weight excluding hydrogens is 677 g/mol. The Bertz CT molecular complexity index is 3020. The normalized spacial score (nSPS) is 14.6. The first-order valence-electron chi connectivity index (χ1n) is 16.4. The highest BCUT2D eigenvalue weighted by Crippen LogP contribution is 2.48. The summed E-state index contributed by atoms with van der Waals surface area (Å²) in [7, 11) is 0. The maximum absolute atomic E-state index is 14.2. The van der Waals surface area contributed by atoms with E-state index in [1.54, 1.807) is 24.3 Å². The van der Waals surface area contributed by atoms with Crippen molar-refractivity contribution in [3.63, 3.8) is 0 Å². The second kappa shape index (κ2) is 9.57. The average molecular weight is 699 g/mol. The van der Waals surface area contributed by atoms with Crippen LogP contribution in [0.1, 0.15) is 58.1 Å². The van der Waals surface area contributed by atoms with Gasteiger partial charge in [0, 0.05) is 33.0 Å². The average Bonchev–Trinajstić information content (AvgIpc) is 3.77. The number of hydrogen-bond donors (Lipinski definition) is 0. The Hall–Kier alpha value is -6.10. The van der Waals surface area contributed by atoms with Crippen LogP contribution in [-0.2, 0) is 0 Å². The highest BCUT2D eigenvalue weighted by atomic mass is 32.1. The molecule has 0 spiro atoms. The molecule has 0 radical (unpaired) electrons. The van der Waals surface area contributed by atoms with E-state index in [4.69, 9.17) is 9.97 Å². The van der Waals surface area contributed by atoms with Gasteiger partial charge in [-0.1, -0.05) is 71.2 Å². The van der Waals surface area contributed by atoms with Gasteiger partial charge in [-0.25, -0.2) is 19.8 Å². The second-order valence-electron chi connectivity index (χ2n) is 13.3. The van der Waals surface area contributed by atoms with E-state index in [9.17, 15) is 19.2 Å². The summed E-state index contributed by atoms with van der Waals surface area (Å²) in [6.07, 6.45) is 0. The smallest absolute Gasteiger partial charge is 0.267 e. The van der Waals surface area contributed by atoms with Crippen LogP contribution in [0.25, 0.3) is 63.5 Å². The highest BCUT2D eigenvalue weighted by molar-refractivity contribution is 7.23. The van der Waals surface area contributed by atoms with Crippen molar-refractivity contribution in [1.29, 1.82) is 0 Å². The van der Waals surface area contributed by atoms with Crippen molar-refractivity contribution in [2.24, 2.45) is 0 Å². The molecule has 0 bridgehead atoms. The number of imide groups is 2. The van der Waals surface area contributed by atoms with E-state index < -0.39 is 23.6 Å². The molecule has 2 aromatic heterocycles. The Kier molecular flexibility index (Phi) is 5.39. The number of fused-ring (bicyclic) bond motifs is 4. The van der Waals surface area contributed by atoms with Crippen LogP contribution in [0.5, 0.6) is 0 Å². The largest absolute Gasteiger partial charge is 0.268 e. The molecule has 8 nitrogen and oxygen atoms in total. The van der Waals surface area contributed by atoms with E-state index >= 15 is 0 Å². The Morgan fingerprint density at radius 3 is 1.35 bits per heavy atom. The molecule has 0 atom stereocenters. The number of hydrogen-bond acceptors (Lipinski definition) is 8. The molecule has 0 fully saturated rings. The molecule has 51 heavy (non-hydrogen) atoms. The van der Waals surface area contributed by atoms with Gasteiger partial charge in [-0.2, -0.15) is 0 Å². The summed E-state index contributed by atoms with van der Waals surface area (Å²) in [6.45, 7) is 5.93. The van der Waals surface area contributed by atoms with Gasteiger partial charge in [-0.15, -0.1) is 0 Å². The number of carbonyl (C=O) groups excluding carboxylic acids is 4. The van der Waals surface area contributed by atoms with Crippen LogP contribution in [0, 0.1) is 20.8 Å². The van der Waals surface area contributed by atoms with E-state index in [0.717, 1.165) is 69.4 Å². The molecule has 4 amide bonds. The molecule has 2 aliphatic heterocycles. The molecule has 0 saturated carbocycles. The number of thiazole rings is 2. The molecule has 4 heterocycles. The van der Waals surface area contributed by atoms with E-state index in [-0.39, 0.29) is 0 Å². The summed E-state index contributed by atoms with van der Waals surface area (Å²) >= 11 is 2.67. The zero-order valence-electron chi connectivity index (χ0n) is 27.2. The maximum Gasteiger partial charge on any atom is 0.267 e. The van der Waals surface area contributed by atoms with Gasteiger partial charge in [0.2, 0.25) is 10.3 Å². The monoisotopic (exact) mass is 698 g/mol. The number of rotatable bonds is 2. The van der Waals surface area contributed by atoms with E-state index in [1.807, 2.05) is 75.4 Å². The topological polar surface area (TPSA) is 101 Å². The predicted octanol–water partition coefficient (Wildman–Crippen LogP) is 9.48. The van der Waals surface area contributed by atoms with Gasteiger partial charge < -0.3 is 0 Å². The lowest BCUT2D eigenvalue weighted by atomic mass is 9.82. The zero-order chi connectivity index (χ0) is 34.6. The van der Waals surface area contributed by atoms with Crippen molar-refractivity contribution in [2.75, 3.05) is 9.80 Å². The van der Waals surface area contributed by atoms with Crippen LogP contribution < -0.4 is 9.80 Å². The fraction of sp³-hybridized carbons (Fsp3) is 0.0732. The molecule has 242 valence electrons. The number of aryl methyl sites for hydroxylation is 3. The Morgan fingerprint density at radius 2 is 0.882 bits per heavy atom. The van der Waals surface area contributed by atoms with Crippen molar-refractivity contribution < 1.29 is 19.2 Å². The van der Waals surface area contributed by atoms with Crippen LogP contribution in [0.15, 0.2) is 78.9 Å². The van der Waals surface area contributed by atoms with Crippen molar-refractivity contribution in [3.05, 3.63) is 118 Å². The highest BCUT2D eigenvalue weighted by Gasteiger charge is 2.39. The number of amides is 4. The van der Waals surface area contributed by atoms with Crippen molar-refractivity contribution in [1.82, 2.24) is 9.97 Å².